The van der Waals surface area contributed by atoms with Crippen LogP contribution in [0.5, 0.6) is 0 Å². The summed E-state index contributed by atoms with van der Waals surface area (Å²) in [6, 6.07) is 0. The van der Waals surface area contributed by atoms with Crippen molar-refractivity contribution in [1.29, 1.82) is 0 Å². The predicted octanol–water partition coefficient (Wildman–Crippen LogP) is 2.05. The SMILES string of the molecule is CC1C(F)(F)C12CC2. The maximum atomic E-state index is 12.4. The standard InChI is InChI=1S/C6H8F2/c1-4-5(2-3-5)6(4,7)8/h4H,2-3H2,1H3. The third-order valence-corrected chi connectivity index (χ3v) is 2.74. The third-order valence-electron chi connectivity index (χ3n) is 2.74. The zero-order valence-corrected chi connectivity index (χ0v) is 4.75. The fraction of sp³-hybridized carbons (Fsp3) is 1.00. The molecule has 2 heteroatoms. The van der Waals surface area contributed by atoms with Crippen molar-refractivity contribution in [3.63, 3.8) is 0 Å². The Balaban J connectivity index is 2.26. The van der Waals surface area contributed by atoms with E-state index in [2.05, 4.69) is 0 Å². The van der Waals surface area contributed by atoms with Crippen molar-refractivity contribution in [2.24, 2.45) is 11.3 Å². The van der Waals surface area contributed by atoms with Gasteiger partial charge in [-0.25, -0.2) is 8.78 Å². The van der Waals surface area contributed by atoms with E-state index in [1.807, 2.05) is 0 Å². The molecule has 1 atom stereocenters. The van der Waals surface area contributed by atoms with Crippen molar-refractivity contribution in [3.05, 3.63) is 0 Å². The maximum absolute atomic E-state index is 12.4. The van der Waals surface area contributed by atoms with Crippen LogP contribution in [-0.4, -0.2) is 5.92 Å². The lowest BCUT2D eigenvalue weighted by molar-refractivity contribution is 0.0820. The molecule has 2 fully saturated rings. The van der Waals surface area contributed by atoms with Crippen molar-refractivity contribution < 1.29 is 8.78 Å². The number of hydrogen-bond donors (Lipinski definition) is 0. The number of halogens is 2. The van der Waals surface area contributed by atoms with Gasteiger partial charge in [-0.15, -0.1) is 0 Å². The lowest BCUT2D eigenvalue weighted by Crippen LogP contribution is -1.92. The first kappa shape index (κ1) is 4.71. The molecule has 0 aromatic rings. The van der Waals surface area contributed by atoms with Crippen LogP contribution in [0.15, 0.2) is 0 Å². The molecular formula is C6H8F2. The van der Waals surface area contributed by atoms with Gasteiger partial charge in [-0.1, -0.05) is 6.92 Å². The fourth-order valence-electron chi connectivity index (χ4n) is 1.61. The van der Waals surface area contributed by atoms with Crippen molar-refractivity contribution in [2.45, 2.75) is 25.7 Å². The first-order valence-corrected chi connectivity index (χ1v) is 2.99. The van der Waals surface area contributed by atoms with Gasteiger partial charge in [0, 0.05) is 11.3 Å². The molecule has 2 aliphatic rings. The van der Waals surface area contributed by atoms with Crippen LogP contribution in [0.1, 0.15) is 19.8 Å². The normalized spacial score (nSPS) is 44.6. The van der Waals surface area contributed by atoms with Gasteiger partial charge in [-0.3, -0.25) is 0 Å². The molecule has 2 aliphatic carbocycles. The zero-order chi connectivity index (χ0) is 5.99. The monoisotopic (exact) mass is 118 g/mol. The molecule has 0 aromatic carbocycles. The Morgan fingerprint density at radius 3 is 1.75 bits per heavy atom. The number of alkyl halides is 2. The average molecular weight is 118 g/mol. The largest absolute Gasteiger partial charge is 0.257 e. The Kier molecular flexibility index (Phi) is 0.488. The van der Waals surface area contributed by atoms with E-state index in [4.69, 9.17) is 0 Å². The van der Waals surface area contributed by atoms with Crippen LogP contribution in [0.25, 0.3) is 0 Å². The van der Waals surface area contributed by atoms with Crippen molar-refractivity contribution in [1.82, 2.24) is 0 Å². The summed E-state index contributed by atoms with van der Waals surface area (Å²) in [6.07, 6.45) is 1.53. The Morgan fingerprint density at radius 2 is 1.75 bits per heavy atom. The number of rotatable bonds is 0. The zero-order valence-electron chi connectivity index (χ0n) is 4.75. The second-order valence-corrected chi connectivity index (χ2v) is 3.00. The molecule has 0 radical (unpaired) electrons. The highest BCUT2D eigenvalue weighted by Gasteiger charge is 2.83. The molecule has 1 spiro atoms. The van der Waals surface area contributed by atoms with Gasteiger partial charge >= 0.3 is 0 Å². The van der Waals surface area contributed by atoms with E-state index >= 15 is 0 Å². The molecule has 46 valence electrons. The second kappa shape index (κ2) is 0.829. The molecule has 0 amide bonds. The first-order valence-electron chi connectivity index (χ1n) is 2.99. The highest BCUT2D eigenvalue weighted by atomic mass is 19.3. The van der Waals surface area contributed by atoms with Crippen LogP contribution in [0.4, 0.5) is 8.78 Å². The summed E-state index contributed by atoms with van der Waals surface area (Å²) >= 11 is 0. The molecule has 0 N–H and O–H groups in total. The fourth-order valence-corrected chi connectivity index (χ4v) is 1.61. The van der Waals surface area contributed by atoms with Crippen LogP contribution < -0.4 is 0 Å². The number of hydrogen-bond acceptors (Lipinski definition) is 0. The third kappa shape index (κ3) is 0.243. The molecule has 0 bridgehead atoms. The van der Waals surface area contributed by atoms with E-state index in [-0.39, 0.29) is 5.92 Å². The lowest BCUT2D eigenvalue weighted by atomic mass is 10.3. The Morgan fingerprint density at radius 1 is 1.38 bits per heavy atom. The molecule has 8 heavy (non-hydrogen) atoms. The summed E-state index contributed by atoms with van der Waals surface area (Å²) in [5.74, 6) is -2.59. The maximum Gasteiger partial charge on any atom is 0.257 e. The van der Waals surface area contributed by atoms with Gasteiger partial charge in [0.25, 0.3) is 5.92 Å². The molecule has 1 unspecified atom stereocenters. The van der Waals surface area contributed by atoms with Crippen LogP contribution in [0.3, 0.4) is 0 Å². The van der Waals surface area contributed by atoms with Crippen LogP contribution in [0, 0.1) is 11.3 Å². The second-order valence-electron chi connectivity index (χ2n) is 3.00. The quantitative estimate of drug-likeness (QED) is 0.456. The minimum Gasteiger partial charge on any atom is -0.206 e. The van der Waals surface area contributed by atoms with Crippen LogP contribution >= 0.6 is 0 Å². The van der Waals surface area contributed by atoms with E-state index in [1.165, 1.54) is 0 Å². The van der Waals surface area contributed by atoms with Crippen molar-refractivity contribution >= 4 is 0 Å². The predicted molar refractivity (Wildman–Crippen MR) is 25.8 cm³/mol. The molecule has 0 heterocycles. The Bertz CT molecular complexity index is 131. The molecule has 0 aliphatic heterocycles. The highest BCUT2D eigenvalue weighted by Crippen LogP contribution is 2.79. The molecule has 0 saturated heterocycles. The van der Waals surface area contributed by atoms with E-state index < -0.39 is 11.3 Å². The van der Waals surface area contributed by atoms with Gasteiger partial charge in [-0.05, 0) is 12.8 Å². The summed E-state index contributed by atoms with van der Waals surface area (Å²) in [4.78, 5) is 0. The van der Waals surface area contributed by atoms with Crippen LogP contribution in [0.2, 0.25) is 0 Å². The molecule has 0 aromatic heterocycles. The topological polar surface area (TPSA) is 0 Å². The van der Waals surface area contributed by atoms with Gasteiger partial charge in [-0.2, -0.15) is 0 Å². The van der Waals surface area contributed by atoms with E-state index in [0.29, 0.717) is 0 Å². The molecule has 0 nitrogen and oxygen atoms in total. The van der Waals surface area contributed by atoms with Crippen LogP contribution in [-0.2, 0) is 0 Å². The van der Waals surface area contributed by atoms with E-state index in [9.17, 15) is 8.78 Å². The van der Waals surface area contributed by atoms with Gasteiger partial charge < -0.3 is 0 Å². The lowest BCUT2D eigenvalue weighted by Gasteiger charge is -1.85. The van der Waals surface area contributed by atoms with E-state index in [1.54, 1.807) is 6.92 Å². The van der Waals surface area contributed by atoms with Gasteiger partial charge in [0.1, 0.15) is 0 Å². The summed E-state index contributed by atoms with van der Waals surface area (Å²) in [5.41, 5.74) is -0.479. The molecule has 2 saturated carbocycles. The van der Waals surface area contributed by atoms with Gasteiger partial charge in [0.2, 0.25) is 0 Å². The summed E-state index contributed by atoms with van der Waals surface area (Å²) in [6.45, 7) is 1.65. The minimum atomic E-state index is -2.28. The summed E-state index contributed by atoms with van der Waals surface area (Å²) in [5, 5.41) is 0. The Hall–Kier alpha value is -0.140. The van der Waals surface area contributed by atoms with Gasteiger partial charge in [0.05, 0.1) is 0 Å². The minimum absolute atomic E-state index is 0.310. The van der Waals surface area contributed by atoms with Crippen molar-refractivity contribution in [3.8, 4) is 0 Å². The highest BCUT2D eigenvalue weighted by molar-refractivity contribution is 5.24. The summed E-state index contributed by atoms with van der Waals surface area (Å²) in [7, 11) is 0. The molecular weight excluding hydrogens is 110 g/mol. The van der Waals surface area contributed by atoms with Gasteiger partial charge in [0.15, 0.2) is 0 Å². The van der Waals surface area contributed by atoms with E-state index in [0.717, 1.165) is 12.8 Å². The molecule has 2 rings (SSSR count). The Labute approximate surface area is 46.9 Å². The smallest absolute Gasteiger partial charge is 0.206 e. The first-order chi connectivity index (χ1) is 3.61. The van der Waals surface area contributed by atoms with Crippen molar-refractivity contribution in [2.75, 3.05) is 0 Å². The summed E-state index contributed by atoms with van der Waals surface area (Å²) < 4.78 is 24.7. The average Bonchev–Trinajstić information content (AvgIpc) is 2.47.